The van der Waals surface area contributed by atoms with Crippen LogP contribution in [0, 0.1) is 6.92 Å². The van der Waals surface area contributed by atoms with Gasteiger partial charge >= 0.3 is 6.09 Å². The number of para-hydroxylation sites is 1. The van der Waals surface area contributed by atoms with Gasteiger partial charge in [-0.2, -0.15) is 0 Å². The Morgan fingerprint density at radius 2 is 2.04 bits per heavy atom. The summed E-state index contributed by atoms with van der Waals surface area (Å²) in [6, 6.07) is 13.0. The van der Waals surface area contributed by atoms with Gasteiger partial charge in [0.2, 0.25) is 6.79 Å². The van der Waals surface area contributed by atoms with Crippen molar-refractivity contribution in [3.8, 4) is 27.8 Å². The molecule has 7 nitrogen and oxygen atoms in total. The van der Waals surface area contributed by atoms with Crippen LogP contribution < -0.4 is 19.5 Å². The molecule has 0 bridgehead atoms. The largest absolute Gasteiger partial charge is 0.496 e. The van der Waals surface area contributed by atoms with Crippen molar-refractivity contribution >= 4 is 22.4 Å². The van der Waals surface area contributed by atoms with Gasteiger partial charge in [0.05, 0.1) is 18.4 Å². The van der Waals surface area contributed by atoms with Crippen molar-refractivity contribution in [1.29, 1.82) is 0 Å². The lowest BCUT2D eigenvalue weighted by atomic mass is 10.2. The standard InChI is InChI=1S/C20H18N2O5S/c1-12-18(28-19(21-12)14-5-3-4-6-15(14)24-2)22-20(23)25-10-13-7-8-16-17(9-13)27-11-26-16/h3-9H,10-11H2,1-2H3,(H,22,23). The Bertz CT molecular complexity index is 1020. The Labute approximate surface area is 165 Å². The van der Waals surface area contributed by atoms with Gasteiger partial charge < -0.3 is 18.9 Å². The van der Waals surface area contributed by atoms with Crippen LogP contribution in [-0.4, -0.2) is 25.0 Å². The first kappa shape index (κ1) is 18.1. The van der Waals surface area contributed by atoms with Gasteiger partial charge in [0.15, 0.2) is 11.5 Å². The summed E-state index contributed by atoms with van der Waals surface area (Å²) >= 11 is 1.37. The number of benzene rings is 2. The van der Waals surface area contributed by atoms with Gasteiger partial charge in [-0.1, -0.05) is 29.5 Å². The average Bonchev–Trinajstić information content (AvgIpc) is 3.32. The highest BCUT2D eigenvalue weighted by Crippen LogP contribution is 2.37. The maximum absolute atomic E-state index is 12.2. The van der Waals surface area contributed by atoms with Crippen LogP contribution in [-0.2, 0) is 11.3 Å². The Kier molecular flexibility index (Phi) is 5.03. The molecule has 144 valence electrons. The fourth-order valence-electron chi connectivity index (χ4n) is 2.76. The normalized spacial score (nSPS) is 11.9. The zero-order chi connectivity index (χ0) is 19.5. The minimum Gasteiger partial charge on any atom is -0.496 e. The summed E-state index contributed by atoms with van der Waals surface area (Å²) in [5.41, 5.74) is 2.40. The number of rotatable bonds is 5. The van der Waals surface area contributed by atoms with E-state index in [4.69, 9.17) is 18.9 Å². The monoisotopic (exact) mass is 398 g/mol. The van der Waals surface area contributed by atoms with Crippen LogP contribution in [0.15, 0.2) is 42.5 Å². The Hall–Kier alpha value is -3.26. The summed E-state index contributed by atoms with van der Waals surface area (Å²) in [6.07, 6.45) is -0.545. The van der Waals surface area contributed by atoms with E-state index in [1.54, 1.807) is 19.2 Å². The zero-order valence-corrected chi connectivity index (χ0v) is 16.2. The smallest absolute Gasteiger partial charge is 0.412 e. The summed E-state index contributed by atoms with van der Waals surface area (Å²) in [5, 5.41) is 4.16. The molecule has 8 heteroatoms. The van der Waals surface area contributed by atoms with Crippen molar-refractivity contribution in [1.82, 2.24) is 4.98 Å². The van der Waals surface area contributed by atoms with Crippen molar-refractivity contribution in [2.24, 2.45) is 0 Å². The summed E-state index contributed by atoms with van der Waals surface area (Å²) in [7, 11) is 1.62. The molecule has 0 saturated heterocycles. The highest BCUT2D eigenvalue weighted by Gasteiger charge is 2.16. The molecule has 1 aromatic heterocycles. The maximum Gasteiger partial charge on any atom is 0.412 e. The Morgan fingerprint density at radius 3 is 2.89 bits per heavy atom. The molecule has 3 aromatic rings. The number of nitrogens with zero attached hydrogens (tertiary/aromatic N) is 1. The summed E-state index contributed by atoms with van der Waals surface area (Å²) < 4.78 is 21.3. The van der Waals surface area contributed by atoms with E-state index in [0.29, 0.717) is 22.2 Å². The van der Waals surface area contributed by atoms with Crippen molar-refractivity contribution in [3.05, 3.63) is 53.7 Å². The fourth-order valence-corrected chi connectivity index (χ4v) is 3.74. The van der Waals surface area contributed by atoms with E-state index in [0.717, 1.165) is 21.9 Å². The van der Waals surface area contributed by atoms with E-state index >= 15 is 0 Å². The number of carbonyl (C=O) groups is 1. The number of aryl methyl sites for hydroxylation is 1. The molecule has 1 amide bonds. The number of anilines is 1. The molecule has 1 N–H and O–H groups in total. The van der Waals surface area contributed by atoms with E-state index in [1.165, 1.54) is 11.3 Å². The number of ether oxygens (including phenoxy) is 4. The lowest BCUT2D eigenvalue weighted by molar-refractivity contribution is 0.155. The Balaban J connectivity index is 1.41. The van der Waals surface area contributed by atoms with Crippen LogP contribution in [0.2, 0.25) is 0 Å². The van der Waals surface area contributed by atoms with E-state index < -0.39 is 6.09 Å². The van der Waals surface area contributed by atoms with Crippen LogP contribution in [0.25, 0.3) is 10.6 Å². The lowest BCUT2D eigenvalue weighted by Gasteiger charge is -2.07. The van der Waals surface area contributed by atoms with Crippen molar-refractivity contribution in [2.45, 2.75) is 13.5 Å². The SMILES string of the molecule is COc1ccccc1-c1nc(C)c(NC(=O)OCc2ccc3c(c2)OCO3)s1. The minimum atomic E-state index is -0.545. The first-order chi connectivity index (χ1) is 13.6. The molecular weight excluding hydrogens is 380 g/mol. The van der Waals surface area contributed by atoms with Gasteiger partial charge in [-0.05, 0) is 36.8 Å². The number of fused-ring (bicyclic) bond motifs is 1. The van der Waals surface area contributed by atoms with Gasteiger partial charge in [0.1, 0.15) is 22.4 Å². The second kappa shape index (κ2) is 7.77. The van der Waals surface area contributed by atoms with E-state index in [9.17, 15) is 4.79 Å². The number of aromatic nitrogens is 1. The van der Waals surface area contributed by atoms with Gasteiger partial charge in [-0.15, -0.1) is 0 Å². The van der Waals surface area contributed by atoms with Crippen LogP contribution in [0.5, 0.6) is 17.2 Å². The number of methoxy groups -OCH3 is 1. The second-order valence-electron chi connectivity index (χ2n) is 6.02. The minimum absolute atomic E-state index is 0.125. The van der Waals surface area contributed by atoms with Gasteiger partial charge in [0.25, 0.3) is 0 Å². The number of hydrogen-bond acceptors (Lipinski definition) is 7. The molecule has 1 aliphatic heterocycles. The highest BCUT2D eigenvalue weighted by atomic mass is 32.1. The highest BCUT2D eigenvalue weighted by molar-refractivity contribution is 7.19. The molecule has 2 aromatic carbocycles. The molecule has 2 heterocycles. The topological polar surface area (TPSA) is 78.9 Å². The molecule has 4 rings (SSSR count). The molecule has 0 unspecified atom stereocenters. The van der Waals surface area contributed by atoms with Gasteiger partial charge in [-0.25, -0.2) is 9.78 Å². The number of thiazole rings is 1. The maximum atomic E-state index is 12.2. The molecule has 28 heavy (non-hydrogen) atoms. The molecule has 0 spiro atoms. The predicted octanol–water partition coefficient (Wildman–Crippen LogP) is 4.60. The number of nitrogens with one attached hydrogen (secondary N) is 1. The van der Waals surface area contributed by atoms with Gasteiger partial charge in [0, 0.05) is 0 Å². The van der Waals surface area contributed by atoms with E-state index in [2.05, 4.69) is 10.3 Å². The van der Waals surface area contributed by atoms with Crippen LogP contribution in [0.3, 0.4) is 0 Å². The summed E-state index contributed by atoms with van der Waals surface area (Å²) in [4.78, 5) is 16.7. The third-order valence-electron chi connectivity index (χ3n) is 4.16. The van der Waals surface area contributed by atoms with Crippen molar-refractivity contribution in [2.75, 3.05) is 19.2 Å². The van der Waals surface area contributed by atoms with Crippen molar-refractivity contribution in [3.63, 3.8) is 0 Å². The molecule has 1 aliphatic rings. The van der Waals surface area contributed by atoms with E-state index in [-0.39, 0.29) is 13.4 Å². The van der Waals surface area contributed by atoms with Crippen LogP contribution in [0.4, 0.5) is 9.80 Å². The number of hydrogen-bond donors (Lipinski definition) is 1. The molecule has 0 radical (unpaired) electrons. The number of carbonyl (C=O) groups excluding carboxylic acids is 1. The number of amides is 1. The molecule has 0 fully saturated rings. The summed E-state index contributed by atoms with van der Waals surface area (Å²) in [5.74, 6) is 2.08. The van der Waals surface area contributed by atoms with Crippen LogP contribution >= 0.6 is 11.3 Å². The first-order valence-electron chi connectivity index (χ1n) is 8.57. The van der Waals surface area contributed by atoms with Gasteiger partial charge in [-0.3, -0.25) is 5.32 Å². The molecule has 0 aliphatic carbocycles. The second-order valence-corrected chi connectivity index (χ2v) is 7.02. The quantitative estimate of drug-likeness (QED) is 0.676. The van der Waals surface area contributed by atoms with Crippen LogP contribution in [0.1, 0.15) is 11.3 Å². The molecule has 0 atom stereocenters. The third kappa shape index (κ3) is 3.72. The predicted molar refractivity (Wildman–Crippen MR) is 105 cm³/mol. The summed E-state index contributed by atoms with van der Waals surface area (Å²) in [6.45, 7) is 2.17. The molecular formula is C20H18N2O5S. The molecule has 0 saturated carbocycles. The average molecular weight is 398 g/mol. The first-order valence-corrected chi connectivity index (χ1v) is 9.39. The lowest BCUT2D eigenvalue weighted by Crippen LogP contribution is -2.13. The zero-order valence-electron chi connectivity index (χ0n) is 15.4. The van der Waals surface area contributed by atoms with Crippen molar-refractivity contribution < 1.29 is 23.7 Å². The third-order valence-corrected chi connectivity index (χ3v) is 5.26. The Morgan fingerprint density at radius 1 is 1.21 bits per heavy atom. The van der Waals surface area contributed by atoms with E-state index in [1.807, 2.05) is 37.3 Å². The fraction of sp³-hybridized carbons (Fsp3) is 0.200.